The van der Waals surface area contributed by atoms with Crippen LogP contribution in [0.15, 0.2) is 35.4 Å². The SMILES string of the molecule is Cc1cc(C)c(S(=O)(=O)N2CCC(C(=O)NCc3ncccc3C)CC2)c(C)c1. The van der Waals surface area contributed by atoms with Gasteiger partial charge in [-0.1, -0.05) is 23.8 Å². The first-order valence-corrected chi connectivity index (χ1v) is 11.4. The Balaban J connectivity index is 1.63. The highest BCUT2D eigenvalue weighted by Crippen LogP contribution is 2.28. The third-order valence-corrected chi connectivity index (χ3v) is 7.78. The van der Waals surface area contributed by atoms with Crippen LogP contribution in [0.25, 0.3) is 0 Å². The summed E-state index contributed by atoms with van der Waals surface area (Å²) < 4.78 is 27.9. The zero-order valence-corrected chi connectivity index (χ0v) is 18.3. The second kappa shape index (κ2) is 8.63. The molecule has 0 unspecified atom stereocenters. The Hall–Kier alpha value is -2.25. The second-order valence-corrected chi connectivity index (χ2v) is 9.77. The maximum absolute atomic E-state index is 13.2. The number of hydrogen-bond acceptors (Lipinski definition) is 4. The number of piperidine rings is 1. The monoisotopic (exact) mass is 415 g/mol. The van der Waals surface area contributed by atoms with E-state index in [4.69, 9.17) is 0 Å². The van der Waals surface area contributed by atoms with Crippen molar-refractivity contribution < 1.29 is 13.2 Å². The smallest absolute Gasteiger partial charge is 0.243 e. The Morgan fingerprint density at radius 2 is 1.72 bits per heavy atom. The summed E-state index contributed by atoms with van der Waals surface area (Å²) in [6, 6.07) is 7.64. The summed E-state index contributed by atoms with van der Waals surface area (Å²) >= 11 is 0. The number of aromatic nitrogens is 1. The maximum atomic E-state index is 13.2. The number of aryl methyl sites for hydroxylation is 4. The molecule has 1 fully saturated rings. The van der Waals surface area contributed by atoms with Crippen molar-refractivity contribution in [3.63, 3.8) is 0 Å². The van der Waals surface area contributed by atoms with Gasteiger partial charge < -0.3 is 5.32 Å². The summed E-state index contributed by atoms with van der Waals surface area (Å²) in [7, 11) is -3.56. The van der Waals surface area contributed by atoms with E-state index in [0.29, 0.717) is 37.4 Å². The predicted molar refractivity (Wildman–Crippen MR) is 113 cm³/mol. The molecular weight excluding hydrogens is 386 g/mol. The molecule has 0 bridgehead atoms. The lowest BCUT2D eigenvalue weighted by Gasteiger charge is -2.31. The topological polar surface area (TPSA) is 79.4 Å². The van der Waals surface area contributed by atoms with Gasteiger partial charge in [0, 0.05) is 25.2 Å². The highest BCUT2D eigenvalue weighted by atomic mass is 32.2. The quantitative estimate of drug-likeness (QED) is 0.814. The molecule has 29 heavy (non-hydrogen) atoms. The summed E-state index contributed by atoms with van der Waals surface area (Å²) in [5.74, 6) is -0.208. The van der Waals surface area contributed by atoms with E-state index in [1.54, 1.807) is 6.20 Å². The van der Waals surface area contributed by atoms with Crippen molar-refractivity contribution in [1.82, 2.24) is 14.6 Å². The highest BCUT2D eigenvalue weighted by Gasteiger charge is 2.33. The number of sulfonamides is 1. The number of carbonyl (C=O) groups is 1. The Labute approximate surface area is 173 Å². The van der Waals surface area contributed by atoms with E-state index in [0.717, 1.165) is 27.9 Å². The largest absolute Gasteiger partial charge is 0.350 e. The minimum Gasteiger partial charge on any atom is -0.350 e. The van der Waals surface area contributed by atoms with Crippen molar-refractivity contribution in [3.8, 4) is 0 Å². The lowest BCUT2D eigenvalue weighted by Crippen LogP contribution is -2.43. The van der Waals surface area contributed by atoms with Crippen LogP contribution in [0.5, 0.6) is 0 Å². The molecule has 1 N–H and O–H groups in total. The lowest BCUT2D eigenvalue weighted by molar-refractivity contribution is -0.126. The molecule has 6 nitrogen and oxygen atoms in total. The first-order chi connectivity index (χ1) is 13.7. The average Bonchev–Trinajstić information content (AvgIpc) is 2.66. The van der Waals surface area contributed by atoms with E-state index in [2.05, 4.69) is 10.3 Å². The van der Waals surface area contributed by atoms with Crippen LogP contribution in [0.4, 0.5) is 0 Å². The molecule has 0 radical (unpaired) electrons. The molecule has 2 heterocycles. The lowest BCUT2D eigenvalue weighted by atomic mass is 9.97. The number of pyridine rings is 1. The van der Waals surface area contributed by atoms with Gasteiger partial charge in [0.2, 0.25) is 15.9 Å². The standard InChI is InChI=1S/C22H29N3O3S/c1-15-12-17(3)21(18(4)13-15)29(27,28)25-10-7-19(8-11-25)22(26)24-14-20-16(2)6-5-9-23-20/h5-6,9,12-13,19H,7-8,10-11,14H2,1-4H3,(H,24,26). The first kappa shape index (κ1) is 21.5. The van der Waals surface area contributed by atoms with Gasteiger partial charge in [-0.2, -0.15) is 4.31 Å². The van der Waals surface area contributed by atoms with Crippen molar-refractivity contribution in [2.75, 3.05) is 13.1 Å². The van der Waals surface area contributed by atoms with Gasteiger partial charge in [-0.25, -0.2) is 8.42 Å². The minimum absolute atomic E-state index is 0.0326. The maximum Gasteiger partial charge on any atom is 0.243 e. The number of benzene rings is 1. The van der Waals surface area contributed by atoms with Gasteiger partial charge >= 0.3 is 0 Å². The molecule has 1 aliphatic heterocycles. The van der Waals surface area contributed by atoms with E-state index in [-0.39, 0.29) is 11.8 Å². The first-order valence-electron chi connectivity index (χ1n) is 9.96. The predicted octanol–water partition coefficient (Wildman–Crippen LogP) is 3.03. The van der Waals surface area contributed by atoms with E-state index < -0.39 is 10.0 Å². The molecule has 1 aromatic heterocycles. The zero-order chi connectivity index (χ0) is 21.2. The third kappa shape index (κ3) is 4.67. The van der Waals surface area contributed by atoms with Crippen LogP contribution in [-0.4, -0.2) is 36.7 Å². The Bertz CT molecular complexity index is 987. The van der Waals surface area contributed by atoms with Gasteiger partial charge in [-0.05, 0) is 63.3 Å². The molecule has 7 heteroatoms. The minimum atomic E-state index is -3.56. The third-order valence-electron chi connectivity index (χ3n) is 5.58. The summed E-state index contributed by atoms with van der Waals surface area (Å²) in [6.07, 6.45) is 2.76. The van der Waals surface area contributed by atoms with Crippen LogP contribution in [0, 0.1) is 33.6 Å². The second-order valence-electron chi connectivity index (χ2n) is 7.89. The van der Waals surface area contributed by atoms with Crippen LogP contribution in [0.1, 0.15) is 40.8 Å². The number of nitrogens with one attached hydrogen (secondary N) is 1. The molecule has 1 amide bonds. The number of rotatable bonds is 5. The van der Waals surface area contributed by atoms with Gasteiger partial charge in [0.25, 0.3) is 0 Å². The fourth-order valence-corrected chi connectivity index (χ4v) is 5.96. The summed E-state index contributed by atoms with van der Waals surface area (Å²) in [5.41, 5.74) is 4.49. The number of hydrogen-bond donors (Lipinski definition) is 1. The summed E-state index contributed by atoms with van der Waals surface area (Å²) in [5, 5.41) is 2.95. The molecule has 156 valence electrons. The molecule has 0 atom stereocenters. The van der Waals surface area contributed by atoms with Crippen LogP contribution >= 0.6 is 0 Å². The Morgan fingerprint density at radius 1 is 1.10 bits per heavy atom. The fraction of sp³-hybridized carbons (Fsp3) is 0.455. The summed E-state index contributed by atoms with van der Waals surface area (Å²) in [4.78, 5) is 17.2. The van der Waals surface area contributed by atoms with Gasteiger partial charge in [0.15, 0.2) is 0 Å². The van der Waals surface area contributed by atoms with Crippen LogP contribution < -0.4 is 5.32 Å². The normalized spacial score (nSPS) is 16.0. The van der Waals surface area contributed by atoms with Crippen LogP contribution in [0.2, 0.25) is 0 Å². The van der Waals surface area contributed by atoms with E-state index in [1.165, 1.54) is 4.31 Å². The average molecular weight is 416 g/mol. The number of amides is 1. The van der Waals surface area contributed by atoms with E-state index in [9.17, 15) is 13.2 Å². The van der Waals surface area contributed by atoms with Gasteiger partial charge in [-0.3, -0.25) is 9.78 Å². The highest BCUT2D eigenvalue weighted by molar-refractivity contribution is 7.89. The molecule has 0 spiro atoms. The van der Waals surface area contributed by atoms with Crippen molar-refractivity contribution in [2.24, 2.45) is 5.92 Å². The van der Waals surface area contributed by atoms with Crippen LogP contribution in [-0.2, 0) is 21.4 Å². The molecular formula is C22H29N3O3S. The number of nitrogens with zero attached hydrogens (tertiary/aromatic N) is 2. The molecule has 1 aliphatic rings. The van der Waals surface area contributed by atoms with Crippen molar-refractivity contribution in [1.29, 1.82) is 0 Å². The van der Waals surface area contributed by atoms with Gasteiger partial charge in [0.05, 0.1) is 17.1 Å². The fourth-order valence-electron chi connectivity index (χ4n) is 4.08. The Kier molecular flexibility index (Phi) is 6.39. The van der Waals surface area contributed by atoms with Crippen LogP contribution in [0.3, 0.4) is 0 Å². The number of carbonyl (C=O) groups excluding carboxylic acids is 1. The molecule has 3 rings (SSSR count). The Morgan fingerprint density at radius 3 is 2.31 bits per heavy atom. The van der Waals surface area contributed by atoms with Gasteiger partial charge in [0.1, 0.15) is 0 Å². The van der Waals surface area contributed by atoms with Crippen molar-refractivity contribution >= 4 is 15.9 Å². The zero-order valence-electron chi connectivity index (χ0n) is 17.5. The molecule has 1 aromatic carbocycles. The van der Waals surface area contributed by atoms with E-state index in [1.807, 2.05) is 52.0 Å². The van der Waals surface area contributed by atoms with Crippen molar-refractivity contribution in [2.45, 2.75) is 52.0 Å². The van der Waals surface area contributed by atoms with Crippen molar-refractivity contribution in [3.05, 3.63) is 58.4 Å². The summed E-state index contributed by atoms with van der Waals surface area (Å²) in [6.45, 7) is 8.72. The molecule has 0 saturated carbocycles. The van der Waals surface area contributed by atoms with E-state index >= 15 is 0 Å². The molecule has 0 aliphatic carbocycles. The molecule has 1 saturated heterocycles. The van der Waals surface area contributed by atoms with Gasteiger partial charge in [-0.15, -0.1) is 0 Å². The molecule has 2 aromatic rings.